The van der Waals surface area contributed by atoms with Crippen LogP contribution in [0.25, 0.3) is 11.1 Å². The van der Waals surface area contributed by atoms with Gasteiger partial charge >= 0.3 is 5.97 Å². The summed E-state index contributed by atoms with van der Waals surface area (Å²) in [6.45, 7) is 1.07. The second-order valence-corrected chi connectivity index (χ2v) is 14.8. The number of likely N-dealkylation sites (N-methyl/N-ethyl adjacent to an activating group) is 1. The van der Waals surface area contributed by atoms with Crippen molar-refractivity contribution in [2.45, 2.75) is 88.5 Å². The van der Waals surface area contributed by atoms with Crippen molar-refractivity contribution >= 4 is 35.1 Å². The maximum atomic E-state index is 13.0. The minimum absolute atomic E-state index is 0.00795. The number of hydrogen-bond donors (Lipinski definition) is 4. The molecule has 0 radical (unpaired) electrons. The number of unbranched alkanes of at least 4 members (excludes halogenated alkanes) is 2. The van der Waals surface area contributed by atoms with Gasteiger partial charge < -0.3 is 30.3 Å². The van der Waals surface area contributed by atoms with Crippen LogP contribution in [0.2, 0.25) is 10.0 Å². The highest BCUT2D eigenvalue weighted by Gasteiger charge is 2.46. The van der Waals surface area contributed by atoms with Gasteiger partial charge in [-0.1, -0.05) is 41.4 Å². The van der Waals surface area contributed by atoms with Crippen LogP contribution in [-0.2, 0) is 28.1 Å². The van der Waals surface area contributed by atoms with E-state index in [4.69, 9.17) is 38.2 Å². The Labute approximate surface area is 310 Å². The van der Waals surface area contributed by atoms with Crippen molar-refractivity contribution < 1.29 is 29.6 Å². The number of pyridine rings is 1. The van der Waals surface area contributed by atoms with Crippen molar-refractivity contribution in [2.24, 2.45) is 0 Å². The second kappa shape index (κ2) is 18.5. The molecule has 5 rings (SSSR count). The number of carboxylic acids is 1. The lowest BCUT2D eigenvalue weighted by Crippen LogP contribution is -2.41. The van der Waals surface area contributed by atoms with Gasteiger partial charge in [-0.25, -0.2) is 0 Å². The average Bonchev–Trinajstić information content (AvgIpc) is 4.05. The molecule has 0 saturated heterocycles. The van der Waals surface area contributed by atoms with Crippen LogP contribution < -0.4 is 10.1 Å². The number of rotatable bonds is 22. The molecule has 2 fully saturated rings. The second-order valence-electron chi connectivity index (χ2n) is 13.9. The van der Waals surface area contributed by atoms with Gasteiger partial charge in [0.2, 0.25) is 5.91 Å². The molecule has 0 aliphatic heterocycles. The molecule has 2 saturated carbocycles. The fraction of sp³-hybridized carbons (Fsp3) is 0.513. The number of halogens is 2. The van der Waals surface area contributed by atoms with E-state index in [1.54, 1.807) is 11.9 Å². The standard InChI is InChI=1S/C39H50Cl2N4O6/c1-44(25-38(49)50)24-37(48)45(19-7-5-9-29(47)26-46)18-6-4-8-27-20-35(41)28(21-34(27)40)22-43-39(15-16-39)33-23-42-17-14-31(33)32-10-2-3-11-36(32)51-30-12-13-30/h2-3,10-11,14,17,20-21,23,29-30,43,46-47H,4-9,12-13,15-16,18-19,22,24-26H2,1H3,(H,49,50). The number of aromatic nitrogens is 1. The van der Waals surface area contributed by atoms with E-state index >= 15 is 0 Å². The molecule has 3 aromatic rings. The highest BCUT2D eigenvalue weighted by Crippen LogP contribution is 2.50. The van der Waals surface area contributed by atoms with E-state index in [9.17, 15) is 14.7 Å². The van der Waals surface area contributed by atoms with Crippen LogP contribution in [0.15, 0.2) is 54.9 Å². The molecule has 1 atom stereocenters. The lowest BCUT2D eigenvalue weighted by molar-refractivity contribution is -0.139. The zero-order chi connectivity index (χ0) is 36.4. The number of ether oxygens (including phenoxy) is 1. The maximum Gasteiger partial charge on any atom is 0.317 e. The van der Waals surface area contributed by atoms with Gasteiger partial charge in [0.15, 0.2) is 0 Å². The number of amides is 1. The summed E-state index contributed by atoms with van der Waals surface area (Å²) in [6.07, 6.45) is 11.5. The van der Waals surface area contributed by atoms with Crippen LogP contribution in [-0.4, -0.2) is 94.0 Å². The molecule has 1 aromatic heterocycles. The van der Waals surface area contributed by atoms with Crippen LogP contribution >= 0.6 is 23.2 Å². The third kappa shape index (κ3) is 11.4. The summed E-state index contributed by atoms with van der Waals surface area (Å²) in [5, 5.41) is 32.9. The first-order valence-electron chi connectivity index (χ1n) is 18.0. The molecule has 2 aromatic carbocycles. The quantitative estimate of drug-likeness (QED) is 0.0906. The fourth-order valence-electron chi connectivity index (χ4n) is 6.43. The Morgan fingerprint density at radius 3 is 2.41 bits per heavy atom. The number of nitrogens with zero attached hydrogens (tertiary/aromatic N) is 3. The van der Waals surface area contributed by atoms with Gasteiger partial charge in [0.25, 0.3) is 0 Å². The Hall–Kier alpha value is -3.25. The van der Waals surface area contributed by atoms with E-state index in [0.29, 0.717) is 61.5 Å². The molecule has 4 N–H and O–H groups in total. The summed E-state index contributed by atoms with van der Waals surface area (Å²) in [5.74, 6) is -0.216. The first-order chi connectivity index (χ1) is 24.6. The molecule has 2 aliphatic carbocycles. The lowest BCUT2D eigenvalue weighted by Gasteiger charge is -2.25. The first-order valence-corrected chi connectivity index (χ1v) is 18.7. The molecule has 1 heterocycles. The summed E-state index contributed by atoms with van der Waals surface area (Å²) in [6, 6.07) is 14.2. The predicted molar refractivity (Wildman–Crippen MR) is 199 cm³/mol. The summed E-state index contributed by atoms with van der Waals surface area (Å²) in [7, 11) is 1.61. The molecule has 0 spiro atoms. The van der Waals surface area contributed by atoms with E-state index in [2.05, 4.69) is 22.4 Å². The summed E-state index contributed by atoms with van der Waals surface area (Å²) >= 11 is 13.6. The van der Waals surface area contributed by atoms with Crippen molar-refractivity contribution in [1.82, 2.24) is 20.1 Å². The molecular formula is C39H50Cl2N4O6. The third-order valence-corrected chi connectivity index (χ3v) is 10.3. The van der Waals surface area contributed by atoms with E-state index in [1.165, 1.54) is 4.90 Å². The maximum absolute atomic E-state index is 13.0. The number of aliphatic hydroxyl groups is 2. The normalized spacial score (nSPS) is 15.5. The Kier molecular flexibility index (Phi) is 14.1. The van der Waals surface area contributed by atoms with Gasteiger partial charge in [-0.15, -0.1) is 0 Å². The number of aliphatic hydroxyl groups excluding tert-OH is 2. The van der Waals surface area contributed by atoms with Gasteiger partial charge in [-0.3, -0.25) is 19.5 Å². The number of carbonyl (C=O) groups excluding carboxylic acids is 1. The zero-order valence-electron chi connectivity index (χ0n) is 29.3. The average molecular weight is 742 g/mol. The zero-order valence-corrected chi connectivity index (χ0v) is 30.8. The molecule has 0 bridgehead atoms. The van der Waals surface area contributed by atoms with Crippen LogP contribution in [0.5, 0.6) is 5.75 Å². The molecule has 276 valence electrons. The Morgan fingerprint density at radius 1 is 1.00 bits per heavy atom. The molecule has 2 aliphatic rings. The molecule has 51 heavy (non-hydrogen) atoms. The van der Waals surface area contributed by atoms with E-state index in [-0.39, 0.29) is 31.1 Å². The largest absolute Gasteiger partial charge is 0.490 e. The molecule has 12 heteroatoms. The number of aliphatic carboxylic acids is 1. The van der Waals surface area contributed by atoms with Crippen molar-refractivity contribution in [2.75, 3.05) is 39.8 Å². The summed E-state index contributed by atoms with van der Waals surface area (Å²) < 4.78 is 6.26. The monoisotopic (exact) mass is 740 g/mol. The SMILES string of the molecule is CN(CC(=O)O)CC(=O)N(CCCCc1cc(Cl)c(CNC2(c3cnccc3-c3ccccc3OC3CC3)CC2)cc1Cl)CCCCC(O)CO. The molecule has 1 amide bonds. The first kappa shape index (κ1) is 39.0. The minimum atomic E-state index is -0.988. The fourth-order valence-corrected chi connectivity index (χ4v) is 6.96. The van der Waals surface area contributed by atoms with Gasteiger partial charge in [-0.2, -0.15) is 0 Å². The van der Waals surface area contributed by atoms with Crippen molar-refractivity contribution in [3.63, 3.8) is 0 Å². The number of para-hydroxylation sites is 1. The number of benzene rings is 2. The van der Waals surface area contributed by atoms with Crippen LogP contribution in [0.4, 0.5) is 0 Å². The van der Waals surface area contributed by atoms with E-state index in [1.807, 2.05) is 42.7 Å². The molecule has 10 nitrogen and oxygen atoms in total. The number of aryl methyl sites for hydroxylation is 1. The van der Waals surface area contributed by atoms with Crippen molar-refractivity contribution in [3.8, 4) is 16.9 Å². The predicted octanol–water partition coefficient (Wildman–Crippen LogP) is 6.07. The topological polar surface area (TPSA) is 135 Å². The number of carboxylic acid groups (broad SMARTS) is 1. The Bertz CT molecular complexity index is 1630. The Morgan fingerprint density at radius 2 is 1.71 bits per heavy atom. The van der Waals surface area contributed by atoms with Gasteiger partial charge in [-0.05, 0) is 118 Å². The highest BCUT2D eigenvalue weighted by atomic mass is 35.5. The van der Waals surface area contributed by atoms with Crippen molar-refractivity contribution in [1.29, 1.82) is 0 Å². The van der Waals surface area contributed by atoms with Gasteiger partial charge in [0, 0.05) is 53.2 Å². The number of carbonyl (C=O) groups is 2. The summed E-state index contributed by atoms with van der Waals surface area (Å²) in [4.78, 5) is 31.9. The summed E-state index contributed by atoms with van der Waals surface area (Å²) in [5.41, 5.74) is 5.02. The van der Waals surface area contributed by atoms with Crippen LogP contribution in [0.1, 0.15) is 74.5 Å². The van der Waals surface area contributed by atoms with E-state index < -0.39 is 12.1 Å². The van der Waals surface area contributed by atoms with Crippen LogP contribution in [0, 0.1) is 0 Å². The molecular weight excluding hydrogens is 691 g/mol. The third-order valence-electron chi connectivity index (χ3n) is 9.63. The molecule has 1 unspecified atom stereocenters. The Balaban J connectivity index is 1.17. The van der Waals surface area contributed by atoms with Gasteiger partial charge in [0.1, 0.15) is 5.75 Å². The van der Waals surface area contributed by atoms with Crippen molar-refractivity contribution in [3.05, 3.63) is 81.6 Å². The number of hydrogen-bond acceptors (Lipinski definition) is 8. The number of nitrogens with one attached hydrogen (secondary N) is 1. The van der Waals surface area contributed by atoms with E-state index in [0.717, 1.165) is 72.1 Å². The highest BCUT2D eigenvalue weighted by molar-refractivity contribution is 6.34. The minimum Gasteiger partial charge on any atom is -0.490 e. The smallest absolute Gasteiger partial charge is 0.317 e. The van der Waals surface area contributed by atoms with Crippen LogP contribution in [0.3, 0.4) is 0 Å². The lowest BCUT2D eigenvalue weighted by atomic mass is 9.94. The van der Waals surface area contributed by atoms with Gasteiger partial charge in [0.05, 0.1) is 31.9 Å².